The summed E-state index contributed by atoms with van der Waals surface area (Å²) in [6, 6.07) is 0. The van der Waals surface area contributed by atoms with Gasteiger partial charge in [0.05, 0.1) is 16.4 Å². The second kappa shape index (κ2) is 5.47. The summed E-state index contributed by atoms with van der Waals surface area (Å²) in [4.78, 5) is 6.86. The molecule has 2 N–H and O–H groups in total. The van der Waals surface area contributed by atoms with Gasteiger partial charge in [-0.2, -0.15) is 0 Å². The minimum absolute atomic E-state index is 0.752. The zero-order chi connectivity index (χ0) is 13.3. The van der Waals surface area contributed by atoms with Crippen molar-refractivity contribution in [1.82, 2.24) is 4.98 Å². The molecule has 0 aromatic carbocycles. The number of nitrogen functional groups attached to an aromatic ring is 1. The molecule has 1 aromatic heterocycles. The van der Waals surface area contributed by atoms with Gasteiger partial charge in [-0.05, 0) is 53.1 Å². The van der Waals surface area contributed by atoms with Crippen molar-refractivity contribution >= 4 is 27.4 Å². The van der Waals surface area contributed by atoms with Gasteiger partial charge in [-0.3, -0.25) is 0 Å². The lowest BCUT2D eigenvalue weighted by Crippen LogP contribution is -2.36. The number of nitrogens with two attached hydrogens (primary N) is 1. The second-order valence-corrected chi connectivity index (χ2v) is 6.34. The van der Waals surface area contributed by atoms with Crippen LogP contribution in [0.1, 0.15) is 32.3 Å². The fourth-order valence-corrected chi connectivity index (χ4v) is 3.16. The van der Waals surface area contributed by atoms with Crippen LogP contribution in [0.2, 0.25) is 0 Å². The van der Waals surface area contributed by atoms with Crippen molar-refractivity contribution in [1.29, 1.82) is 0 Å². The minimum Gasteiger partial charge on any atom is -0.397 e. The largest absolute Gasteiger partial charge is 0.397 e. The molecule has 0 bridgehead atoms. The quantitative estimate of drug-likeness (QED) is 0.907. The van der Waals surface area contributed by atoms with Gasteiger partial charge in [-0.15, -0.1) is 0 Å². The Labute approximate surface area is 118 Å². The van der Waals surface area contributed by atoms with Gasteiger partial charge in [-0.25, -0.2) is 4.98 Å². The van der Waals surface area contributed by atoms with Crippen LogP contribution in [0.4, 0.5) is 11.5 Å². The summed E-state index contributed by atoms with van der Waals surface area (Å²) in [5.41, 5.74) is 7.71. The average molecular weight is 312 g/mol. The van der Waals surface area contributed by atoms with E-state index in [0.29, 0.717) is 0 Å². The van der Waals surface area contributed by atoms with Crippen molar-refractivity contribution < 1.29 is 0 Å². The molecule has 0 unspecified atom stereocenters. The lowest BCUT2D eigenvalue weighted by Gasteiger charge is -2.35. The van der Waals surface area contributed by atoms with Gasteiger partial charge in [0.1, 0.15) is 5.82 Å². The van der Waals surface area contributed by atoms with Crippen LogP contribution in [0, 0.1) is 18.8 Å². The smallest absolute Gasteiger partial charge is 0.143 e. The average Bonchev–Trinajstić information content (AvgIpc) is 2.36. The molecule has 3 nitrogen and oxygen atoms in total. The standard InChI is InChI=1S/C14H22BrN3/c1-9(2)11-4-6-18(7-5-11)14-13(15)10(3)12(16)8-17-14/h8-9,11H,4-7,16H2,1-3H3. The topological polar surface area (TPSA) is 42.1 Å². The molecule has 1 saturated heterocycles. The van der Waals surface area contributed by atoms with Gasteiger partial charge in [0.2, 0.25) is 0 Å². The number of pyridine rings is 1. The Morgan fingerprint density at radius 3 is 2.56 bits per heavy atom. The van der Waals surface area contributed by atoms with Crippen molar-refractivity contribution in [2.75, 3.05) is 23.7 Å². The van der Waals surface area contributed by atoms with E-state index in [4.69, 9.17) is 5.73 Å². The van der Waals surface area contributed by atoms with E-state index < -0.39 is 0 Å². The van der Waals surface area contributed by atoms with E-state index in [-0.39, 0.29) is 0 Å². The highest BCUT2D eigenvalue weighted by Crippen LogP contribution is 2.33. The lowest BCUT2D eigenvalue weighted by atomic mass is 9.87. The van der Waals surface area contributed by atoms with E-state index in [0.717, 1.165) is 46.5 Å². The van der Waals surface area contributed by atoms with Crippen LogP contribution in [0.5, 0.6) is 0 Å². The normalized spacial score (nSPS) is 17.5. The molecule has 0 aliphatic carbocycles. The summed E-state index contributed by atoms with van der Waals surface area (Å²) >= 11 is 3.63. The first kappa shape index (κ1) is 13.7. The van der Waals surface area contributed by atoms with Gasteiger partial charge < -0.3 is 10.6 Å². The Balaban J connectivity index is 2.13. The number of hydrogen-bond acceptors (Lipinski definition) is 3. The summed E-state index contributed by atoms with van der Waals surface area (Å²) in [5.74, 6) is 2.69. The number of nitrogens with zero attached hydrogens (tertiary/aromatic N) is 2. The van der Waals surface area contributed by atoms with Gasteiger partial charge >= 0.3 is 0 Å². The fourth-order valence-electron chi connectivity index (χ4n) is 2.58. The summed E-state index contributed by atoms with van der Waals surface area (Å²) in [5, 5.41) is 0. The third kappa shape index (κ3) is 2.63. The second-order valence-electron chi connectivity index (χ2n) is 5.54. The summed E-state index contributed by atoms with van der Waals surface area (Å²) < 4.78 is 1.05. The molecule has 1 aromatic rings. The minimum atomic E-state index is 0.752. The van der Waals surface area contributed by atoms with E-state index in [2.05, 4.69) is 39.7 Å². The molecular formula is C14H22BrN3. The highest BCUT2D eigenvalue weighted by molar-refractivity contribution is 9.10. The fraction of sp³-hybridized carbons (Fsp3) is 0.643. The molecule has 0 radical (unpaired) electrons. The van der Waals surface area contributed by atoms with Gasteiger partial charge in [0.25, 0.3) is 0 Å². The SMILES string of the molecule is Cc1c(N)cnc(N2CCC(C(C)C)CC2)c1Br. The van der Waals surface area contributed by atoms with E-state index in [9.17, 15) is 0 Å². The molecule has 100 valence electrons. The van der Waals surface area contributed by atoms with Crippen LogP contribution in [-0.4, -0.2) is 18.1 Å². The van der Waals surface area contributed by atoms with E-state index >= 15 is 0 Å². The number of rotatable bonds is 2. The lowest BCUT2D eigenvalue weighted by molar-refractivity contribution is 0.310. The van der Waals surface area contributed by atoms with Crippen LogP contribution >= 0.6 is 15.9 Å². The van der Waals surface area contributed by atoms with Crippen LogP contribution in [0.3, 0.4) is 0 Å². The Morgan fingerprint density at radius 1 is 1.39 bits per heavy atom. The summed E-state index contributed by atoms with van der Waals surface area (Å²) in [7, 11) is 0. The third-order valence-electron chi connectivity index (χ3n) is 4.07. The highest BCUT2D eigenvalue weighted by atomic mass is 79.9. The van der Waals surface area contributed by atoms with E-state index in [1.807, 2.05) is 6.92 Å². The molecule has 0 spiro atoms. The molecule has 4 heteroatoms. The van der Waals surface area contributed by atoms with Crippen molar-refractivity contribution in [3.63, 3.8) is 0 Å². The van der Waals surface area contributed by atoms with Crippen molar-refractivity contribution in [2.45, 2.75) is 33.6 Å². The number of piperidine rings is 1. The molecule has 0 amide bonds. The predicted molar refractivity (Wildman–Crippen MR) is 80.9 cm³/mol. The Morgan fingerprint density at radius 2 is 2.00 bits per heavy atom. The van der Waals surface area contributed by atoms with Crippen LogP contribution in [-0.2, 0) is 0 Å². The van der Waals surface area contributed by atoms with Crippen molar-refractivity contribution in [2.24, 2.45) is 11.8 Å². The van der Waals surface area contributed by atoms with E-state index in [1.54, 1.807) is 6.20 Å². The number of anilines is 2. The molecule has 18 heavy (non-hydrogen) atoms. The van der Waals surface area contributed by atoms with Gasteiger partial charge in [0.15, 0.2) is 0 Å². The molecule has 1 aliphatic heterocycles. The summed E-state index contributed by atoms with van der Waals surface area (Å²) in [6.45, 7) is 8.87. The molecule has 2 rings (SSSR count). The highest BCUT2D eigenvalue weighted by Gasteiger charge is 2.24. The van der Waals surface area contributed by atoms with E-state index in [1.165, 1.54) is 12.8 Å². The molecule has 1 aliphatic rings. The molecule has 0 saturated carbocycles. The van der Waals surface area contributed by atoms with Gasteiger partial charge in [0, 0.05) is 13.1 Å². The zero-order valence-electron chi connectivity index (χ0n) is 11.4. The Kier molecular flexibility index (Phi) is 4.15. The number of aromatic nitrogens is 1. The molecular weight excluding hydrogens is 290 g/mol. The molecule has 1 fully saturated rings. The number of hydrogen-bond donors (Lipinski definition) is 1. The first-order valence-corrected chi connectivity index (χ1v) is 7.45. The third-order valence-corrected chi connectivity index (χ3v) is 5.02. The summed E-state index contributed by atoms with van der Waals surface area (Å²) in [6.07, 6.45) is 4.29. The molecule has 0 atom stereocenters. The number of halogens is 1. The van der Waals surface area contributed by atoms with Crippen LogP contribution in [0.15, 0.2) is 10.7 Å². The predicted octanol–water partition coefficient (Wildman–Crippen LogP) is 3.61. The van der Waals surface area contributed by atoms with Crippen molar-refractivity contribution in [3.8, 4) is 0 Å². The van der Waals surface area contributed by atoms with Crippen molar-refractivity contribution in [3.05, 3.63) is 16.2 Å². The maximum absolute atomic E-state index is 5.87. The maximum Gasteiger partial charge on any atom is 0.143 e. The van der Waals surface area contributed by atoms with Crippen LogP contribution < -0.4 is 10.6 Å². The maximum atomic E-state index is 5.87. The zero-order valence-corrected chi connectivity index (χ0v) is 13.0. The Hall–Kier alpha value is -0.770. The first-order valence-electron chi connectivity index (χ1n) is 6.66. The van der Waals surface area contributed by atoms with Crippen LogP contribution in [0.25, 0.3) is 0 Å². The monoisotopic (exact) mass is 311 g/mol. The van der Waals surface area contributed by atoms with Gasteiger partial charge in [-0.1, -0.05) is 13.8 Å². The molecule has 2 heterocycles. The first-order chi connectivity index (χ1) is 8.50. The Bertz CT molecular complexity index is 423.